The van der Waals surface area contributed by atoms with Gasteiger partial charge in [-0.15, -0.1) is 0 Å². The fourth-order valence-electron chi connectivity index (χ4n) is 4.56. The molecule has 0 bridgehead atoms. The highest BCUT2D eigenvalue weighted by atomic mass is 16.2. The lowest BCUT2D eigenvalue weighted by Crippen LogP contribution is -2.38. The highest BCUT2D eigenvalue weighted by molar-refractivity contribution is 5.89. The van der Waals surface area contributed by atoms with Crippen molar-refractivity contribution in [2.75, 3.05) is 0 Å². The molecule has 1 aromatic carbocycles. The first-order valence-electron chi connectivity index (χ1n) is 9.65. The van der Waals surface area contributed by atoms with Gasteiger partial charge in [0.15, 0.2) is 0 Å². The normalized spacial score (nSPS) is 26.2. The van der Waals surface area contributed by atoms with Crippen LogP contribution in [-0.2, 0) is 16.1 Å². The molecule has 0 saturated heterocycles. The molecule has 1 saturated carbocycles. The molecule has 1 N–H and O–H groups in total. The van der Waals surface area contributed by atoms with E-state index in [1.807, 2.05) is 30.3 Å². The summed E-state index contributed by atoms with van der Waals surface area (Å²) in [4.78, 5) is 25.8. The Kier molecular flexibility index (Phi) is 6.80. The molecule has 3 heteroatoms. The standard InChI is InChI=1S/C22H33NO2/c1-14(2)11-19(24)21-18(12-16(5)20(21)15(3)4)22(25)23-13-17-9-7-6-8-10-17/h6-10,14-16,18,20-21H,11-13H2,1-5H3,(H,23,25)/t16?,18?,20-,21?/m0/s1. The zero-order chi connectivity index (χ0) is 18.6. The van der Waals surface area contributed by atoms with Crippen molar-refractivity contribution < 1.29 is 9.59 Å². The molecule has 2 rings (SSSR count). The third kappa shape index (κ3) is 4.93. The number of ketones is 1. The van der Waals surface area contributed by atoms with Crippen LogP contribution in [0.25, 0.3) is 0 Å². The molecule has 0 spiro atoms. The van der Waals surface area contributed by atoms with E-state index in [4.69, 9.17) is 0 Å². The Bertz CT molecular complexity index is 579. The van der Waals surface area contributed by atoms with Crippen molar-refractivity contribution in [3.8, 4) is 0 Å². The van der Waals surface area contributed by atoms with Crippen LogP contribution in [0, 0.1) is 35.5 Å². The smallest absolute Gasteiger partial charge is 0.224 e. The maximum atomic E-state index is 12.9. The summed E-state index contributed by atoms with van der Waals surface area (Å²) in [5.41, 5.74) is 1.09. The Morgan fingerprint density at radius 1 is 1.12 bits per heavy atom. The average Bonchev–Trinajstić information content (AvgIpc) is 2.90. The SMILES string of the molecule is CC(C)CC(=O)C1C(C(=O)NCc2ccccc2)CC(C)[C@@H]1C(C)C. The molecule has 0 aliphatic heterocycles. The van der Waals surface area contributed by atoms with Crippen molar-refractivity contribution in [1.29, 1.82) is 0 Å². The van der Waals surface area contributed by atoms with Gasteiger partial charge in [0.1, 0.15) is 5.78 Å². The van der Waals surface area contributed by atoms with Crippen molar-refractivity contribution in [2.24, 2.45) is 35.5 Å². The van der Waals surface area contributed by atoms with Gasteiger partial charge in [-0.3, -0.25) is 9.59 Å². The lowest BCUT2D eigenvalue weighted by atomic mass is 9.75. The summed E-state index contributed by atoms with van der Waals surface area (Å²) in [5, 5.41) is 3.07. The van der Waals surface area contributed by atoms with E-state index in [0.29, 0.717) is 36.6 Å². The van der Waals surface area contributed by atoms with Gasteiger partial charge in [-0.1, -0.05) is 65.0 Å². The molecule has 1 fully saturated rings. The molecular weight excluding hydrogens is 310 g/mol. The molecule has 1 amide bonds. The fraction of sp³-hybridized carbons (Fsp3) is 0.636. The maximum Gasteiger partial charge on any atom is 0.224 e. The van der Waals surface area contributed by atoms with Gasteiger partial charge in [-0.05, 0) is 35.7 Å². The molecule has 1 aromatic rings. The van der Waals surface area contributed by atoms with Crippen LogP contribution in [-0.4, -0.2) is 11.7 Å². The van der Waals surface area contributed by atoms with E-state index in [-0.39, 0.29) is 23.5 Å². The highest BCUT2D eigenvalue weighted by Crippen LogP contribution is 2.46. The Hall–Kier alpha value is -1.64. The number of benzene rings is 1. The quantitative estimate of drug-likeness (QED) is 0.794. The third-order valence-corrected chi connectivity index (χ3v) is 5.53. The van der Waals surface area contributed by atoms with E-state index in [9.17, 15) is 9.59 Å². The van der Waals surface area contributed by atoms with Gasteiger partial charge >= 0.3 is 0 Å². The van der Waals surface area contributed by atoms with Crippen LogP contribution in [0.5, 0.6) is 0 Å². The summed E-state index contributed by atoms with van der Waals surface area (Å²) in [5.74, 6) is 1.48. The molecular formula is C22H33NO2. The number of carbonyl (C=O) groups is 2. The van der Waals surface area contributed by atoms with E-state index in [0.717, 1.165) is 12.0 Å². The molecule has 1 aliphatic rings. The van der Waals surface area contributed by atoms with Gasteiger partial charge in [0.25, 0.3) is 0 Å². The first-order chi connectivity index (χ1) is 11.8. The summed E-state index contributed by atoms with van der Waals surface area (Å²) >= 11 is 0. The summed E-state index contributed by atoms with van der Waals surface area (Å²) in [6, 6.07) is 9.94. The van der Waals surface area contributed by atoms with Crippen LogP contribution < -0.4 is 5.32 Å². The predicted octanol–water partition coefficient (Wildman–Crippen LogP) is 4.46. The predicted molar refractivity (Wildman–Crippen MR) is 102 cm³/mol. The van der Waals surface area contributed by atoms with Crippen LogP contribution in [0.3, 0.4) is 0 Å². The molecule has 3 nitrogen and oxygen atoms in total. The van der Waals surface area contributed by atoms with E-state index in [2.05, 4.69) is 39.9 Å². The summed E-state index contributed by atoms with van der Waals surface area (Å²) in [6.45, 7) is 11.2. The van der Waals surface area contributed by atoms with E-state index < -0.39 is 0 Å². The molecule has 0 heterocycles. The zero-order valence-electron chi connectivity index (χ0n) is 16.3. The number of amides is 1. The van der Waals surface area contributed by atoms with Crippen molar-refractivity contribution in [3.05, 3.63) is 35.9 Å². The molecule has 0 aromatic heterocycles. The van der Waals surface area contributed by atoms with Gasteiger partial charge in [0.05, 0.1) is 0 Å². The third-order valence-electron chi connectivity index (χ3n) is 5.53. The van der Waals surface area contributed by atoms with Gasteiger partial charge in [0, 0.05) is 24.8 Å². The number of hydrogen-bond donors (Lipinski definition) is 1. The van der Waals surface area contributed by atoms with Gasteiger partial charge in [-0.25, -0.2) is 0 Å². The molecule has 1 aliphatic carbocycles. The molecule has 25 heavy (non-hydrogen) atoms. The zero-order valence-corrected chi connectivity index (χ0v) is 16.3. The number of hydrogen-bond acceptors (Lipinski definition) is 2. The number of nitrogens with one attached hydrogen (secondary N) is 1. The second-order valence-electron chi connectivity index (χ2n) is 8.43. The summed E-state index contributed by atoms with van der Waals surface area (Å²) < 4.78 is 0. The minimum absolute atomic E-state index is 0.0426. The van der Waals surface area contributed by atoms with Gasteiger partial charge < -0.3 is 5.32 Å². The number of rotatable bonds is 7. The van der Waals surface area contributed by atoms with Crippen LogP contribution >= 0.6 is 0 Å². The summed E-state index contributed by atoms with van der Waals surface area (Å²) in [6.07, 6.45) is 1.39. The van der Waals surface area contributed by atoms with Crippen molar-refractivity contribution >= 4 is 11.7 Å². The van der Waals surface area contributed by atoms with Crippen LogP contribution in [0.4, 0.5) is 0 Å². The Morgan fingerprint density at radius 3 is 2.32 bits per heavy atom. The second kappa shape index (κ2) is 8.64. The fourth-order valence-corrected chi connectivity index (χ4v) is 4.56. The van der Waals surface area contributed by atoms with Gasteiger partial charge in [0.2, 0.25) is 5.91 Å². The number of carbonyl (C=O) groups excluding carboxylic acids is 2. The molecule has 3 unspecified atom stereocenters. The Labute approximate surface area is 152 Å². The molecule has 138 valence electrons. The minimum Gasteiger partial charge on any atom is -0.352 e. The van der Waals surface area contributed by atoms with E-state index in [1.165, 1.54) is 0 Å². The Morgan fingerprint density at radius 2 is 1.76 bits per heavy atom. The van der Waals surface area contributed by atoms with Crippen LogP contribution in [0.2, 0.25) is 0 Å². The lowest BCUT2D eigenvalue weighted by molar-refractivity contribution is -0.134. The Balaban J connectivity index is 2.12. The van der Waals surface area contributed by atoms with E-state index in [1.54, 1.807) is 0 Å². The molecule has 4 atom stereocenters. The average molecular weight is 344 g/mol. The first-order valence-corrected chi connectivity index (χ1v) is 9.65. The van der Waals surface area contributed by atoms with Crippen LogP contribution in [0.15, 0.2) is 30.3 Å². The monoisotopic (exact) mass is 343 g/mol. The maximum absolute atomic E-state index is 12.9. The van der Waals surface area contributed by atoms with Crippen LogP contribution in [0.1, 0.15) is 53.0 Å². The lowest BCUT2D eigenvalue weighted by Gasteiger charge is -2.28. The van der Waals surface area contributed by atoms with E-state index >= 15 is 0 Å². The summed E-state index contributed by atoms with van der Waals surface area (Å²) in [7, 11) is 0. The topological polar surface area (TPSA) is 46.2 Å². The first kappa shape index (κ1) is 19.7. The largest absolute Gasteiger partial charge is 0.352 e. The number of Topliss-reactive ketones (excluding diaryl/α,β-unsaturated/α-hetero) is 1. The van der Waals surface area contributed by atoms with Crippen molar-refractivity contribution in [1.82, 2.24) is 5.32 Å². The highest BCUT2D eigenvalue weighted by Gasteiger charge is 2.48. The van der Waals surface area contributed by atoms with Crippen molar-refractivity contribution in [3.63, 3.8) is 0 Å². The second-order valence-corrected chi connectivity index (χ2v) is 8.43. The van der Waals surface area contributed by atoms with Crippen molar-refractivity contribution in [2.45, 2.75) is 54.0 Å². The van der Waals surface area contributed by atoms with Gasteiger partial charge in [-0.2, -0.15) is 0 Å². The molecule has 0 radical (unpaired) electrons. The minimum atomic E-state index is -0.183.